The van der Waals surface area contributed by atoms with Gasteiger partial charge in [-0.05, 0) is 60.6 Å². The second kappa shape index (κ2) is 16.4. The summed E-state index contributed by atoms with van der Waals surface area (Å²) < 4.78 is 78.3. The Kier molecular flexibility index (Phi) is 12.6. The summed E-state index contributed by atoms with van der Waals surface area (Å²) in [5.41, 5.74) is 1.29. The van der Waals surface area contributed by atoms with Crippen LogP contribution in [0.25, 0.3) is 0 Å². The second-order valence-corrected chi connectivity index (χ2v) is 12.1. The molecular weight excluding hydrogens is 673 g/mol. The number of aromatic nitrogens is 1. The van der Waals surface area contributed by atoms with Crippen molar-refractivity contribution in [3.8, 4) is 23.0 Å². The number of rotatable bonds is 17. The fourth-order valence-electron chi connectivity index (χ4n) is 4.50. The number of nitrogens with zero attached hydrogens (tertiary/aromatic N) is 2. The molecule has 250 valence electrons. The summed E-state index contributed by atoms with van der Waals surface area (Å²) in [6, 6.07) is 9.18. The summed E-state index contributed by atoms with van der Waals surface area (Å²) in [7, 11) is 2.97. The van der Waals surface area contributed by atoms with Crippen molar-refractivity contribution in [2.24, 2.45) is 5.92 Å². The van der Waals surface area contributed by atoms with Crippen molar-refractivity contribution in [3.05, 3.63) is 80.7 Å². The van der Waals surface area contributed by atoms with Crippen LogP contribution in [0.15, 0.2) is 48.8 Å². The predicted octanol–water partition coefficient (Wildman–Crippen LogP) is 5.20. The van der Waals surface area contributed by atoms with Crippen LogP contribution in [0.2, 0.25) is 10.0 Å². The van der Waals surface area contributed by atoms with Crippen molar-refractivity contribution in [1.82, 2.24) is 4.31 Å². The van der Waals surface area contributed by atoms with Crippen LogP contribution in [0.4, 0.5) is 8.78 Å². The Hall–Kier alpha value is -3.43. The molecule has 1 aromatic heterocycles. The molecule has 46 heavy (non-hydrogen) atoms. The monoisotopic (exact) mass is 703 g/mol. The molecule has 0 saturated heterocycles. The first-order valence-corrected chi connectivity index (χ1v) is 15.8. The maximum atomic E-state index is 13.2. The number of hydrogen-bond acceptors (Lipinski definition) is 9. The molecule has 0 bridgehead atoms. The van der Waals surface area contributed by atoms with Crippen molar-refractivity contribution < 1.29 is 50.8 Å². The van der Waals surface area contributed by atoms with Crippen molar-refractivity contribution in [3.63, 3.8) is 0 Å². The molecule has 1 fully saturated rings. The van der Waals surface area contributed by atoms with E-state index >= 15 is 0 Å². The zero-order valence-electron chi connectivity index (χ0n) is 24.8. The van der Waals surface area contributed by atoms with Gasteiger partial charge in [0, 0.05) is 29.8 Å². The summed E-state index contributed by atoms with van der Waals surface area (Å²) in [5.74, 6) is 0.126. The third-order valence-electron chi connectivity index (χ3n) is 7.06. The van der Waals surface area contributed by atoms with E-state index in [0.29, 0.717) is 21.8 Å². The lowest BCUT2D eigenvalue weighted by atomic mass is 10.0. The second-order valence-electron chi connectivity index (χ2n) is 10.3. The Morgan fingerprint density at radius 3 is 2.33 bits per heavy atom. The number of carbonyl (C=O) groups is 1. The summed E-state index contributed by atoms with van der Waals surface area (Å²) in [4.78, 5) is 13.2. The highest BCUT2D eigenvalue weighted by atomic mass is 35.5. The Morgan fingerprint density at radius 1 is 1.04 bits per heavy atom. The fourth-order valence-corrected chi connectivity index (χ4v) is 5.55. The van der Waals surface area contributed by atoms with E-state index in [1.54, 1.807) is 18.2 Å². The van der Waals surface area contributed by atoms with Crippen molar-refractivity contribution in [2.45, 2.75) is 38.4 Å². The third kappa shape index (κ3) is 10.0. The van der Waals surface area contributed by atoms with Gasteiger partial charge >= 0.3 is 12.6 Å². The molecule has 16 heteroatoms. The van der Waals surface area contributed by atoms with E-state index in [4.69, 9.17) is 42.1 Å². The normalized spacial score (nSPS) is 14.2. The zero-order chi connectivity index (χ0) is 33.4. The Balaban J connectivity index is 1.57. The zero-order valence-corrected chi connectivity index (χ0v) is 27.1. The number of esters is 1. The fraction of sp³-hybridized carbons (Fsp3) is 0.400. The van der Waals surface area contributed by atoms with Gasteiger partial charge in [0.1, 0.15) is 22.7 Å². The molecule has 0 amide bonds. The van der Waals surface area contributed by atoms with Gasteiger partial charge in [-0.2, -0.15) is 13.5 Å². The first-order valence-electron chi connectivity index (χ1n) is 14.0. The topological polar surface area (TPSA) is 134 Å². The number of carbonyl (C=O) groups excluding carboxylic acids is 1. The molecule has 0 spiro atoms. The van der Waals surface area contributed by atoms with Gasteiger partial charge in [0.05, 0.1) is 20.8 Å². The van der Waals surface area contributed by atoms with Gasteiger partial charge in [0.25, 0.3) is 0 Å². The molecule has 0 radical (unpaired) electrons. The summed E-state index contributed by atoms with van der Waals surface area (Å²) >= 11 is 9.80. The van der Waals surface area contributed by atoms with E-state index < -0.39 is 36.5 Å². The van der Waals surface area contributed by atoms with Gasteiger partial charge in [-0.1, -0.05) is 35.3 Å². The van der Waals surface area contributed by atoms with Gasteiger partial charge in [-0.25, -0.2) is 4.31 Å². The molecule has 0 N–H and O–H groups in total. The SMILES string of the molecule is COc1ccc(CCN(CC(=O)O[C@@H](Cc2c(Cl)c[n+]([O-])cc2Cl)c2ccc(OC(F)F)c(OCC3CC3)c2)S(=O)[O-])cc1OC. The van der Waals surface area contributed by atoms with Gasteiger partial charge in [0.2, 0.25) is 0 Å². The van der Waals surface area contributed by atoms with E-state index in [1.165, 1.54) is 32.4 Å². The molecule has 1 unspecified atom stereocenters. The molecule has 1 saturated carbocycles. The largest absolute Gasteiger partial charge is 0.760 e. The first kappa shape index (κ1) is 35.4. The van der Waals surface area contributed by atoms with E-state index in [-0.39, 0.29) is 59.0 Å². The van der Waals surface area contributed by atoms with Crippen LogP contribution in [0.1, 0.15) is 35.6 Å². The molecule has 11 nitrogen and oxygen atoms in total. The van der Waals surface area contributed by atoms with E-state index in [9.17, 15) is 27.5 Å². The van der Waals surface area contributed by atoms with Crippen LogP contribution in [0.5, 0.6) is 23.0 Å². The number of benzene rings is 2. The lowest BCUT2D eigenvalue weighted by Crippen LogP contribution is -2.35. The smallest absolute Gasteiger partial charge is 0.387 e. The van der Waals surface area contributed by atoms with E-state index in [1.807, 2.05) is 0 Å². The standard InChI is InChI=1S/C30H32Cl2F2N2O9S/c1-41-24-7-5-18(11-27(24)42-2)9-10-36(46(39)40)16-29(37)44-26(13-21-22(31)14-35(38)15-23(21)32)20-6-8-25(45-30(33)34)28(12-20)43-17-19-3-4-19/h5-8,11-12,14-15,19,26,30H,3-4,9-10,13,16-17H2,1-2H3,(H,39,40)/p-1/t26-/m0/s1. The van der Waals surface area contributed by atoms with Crippen LogP contribution in [0.3, 0.4) is 0 Å². The number of hydrogen-bond donors (Lipinski definition) is 0. The predicted molar refractivity (Wildman–Crippen MR) is 163 cm³/mol. The highest BCUT2D eigenvalue weighted by Crippen LogP contribution is 2.38. The molecule has 1 aliphatic carbocycles. The third-order valence-corrected chi connectivity index (χ3v) is 8.45. The summed E-state index contributed by atoms with van der Waals surface area (Å²) in [6.07, 6.45) is 2.97. The number of halogens is 4. The number of pyridine rings is 1. The van der Waals surface area contributed by atoms with Gasteiger partial charge < -0.3 is 33.4 Å². The first-order chi connectivity index (χ1) is 22.0. The average Bonchev–Trinajstić information content (AvgIpc) is 3.84. The van der Waals surface area contributed by atoms with Gasteiger partial charge in [-0.3, -0.25) is 9.00 Å². The molecule has 3 aromatic rings. The van der Waals surface area contributed by atoms with Gasteiger partial charge in [-0.15, -0.1) is 0 Å². The maximum Gasteiger partial charge on any atom is 0.387 e. The average molecular weight is 705 g/mol. The van der Waals surface area contributed by atoms with Crippen LogP contribution in [-0.2, 0) is 33.6 Å². The molecule has 2 aromatic carbocycles. The molecule has 4 rings (SSSR count). The molecule has 2 atom stereocenters. The van der Waals surface area contributed by atoms with Crippen molar-refractivity contribution in [2.75, 3.05) is 33.9 Å². The van der Waals surface area contributed by atoms with Crippen molar-refractivity contribution >= 4 is 40.4 Å². The lowest BCUT2D eigenvalue weighted by Gasteiger charge is -2.26. The number of methoxy groups -OCH3 is 2. The highest BCUT2D eigenvalue weighted by Gasteiger charge is 2.27. The quantitative estimate of drug-likeness (QED) is 0.0805. The van der Waals surface area contributed by atoms with E-state index in [0.717, 1.165) is 35.1 Å². The minimum absolute atomic E-state index is 0.00520. The number of ether oxygens (including phenoxy) is 5. The minimum atomic E-state index is -3.11. The lowest BCUT2D eigenvalue weighted by molar-refractivity contribution is -0.605. The summed E-state index contributed by atoms with van der Waals surface area (Å²) in [6.45, 7) is -3.54. The van der Waals surface area contributed by atoms with Crippen molar-refractivity contribution in [1.29, 1.82) is 0 Å². The van der Waals surface area contributed by atoms with Gasteiger partial charge in [0.15, 0.2) is 35.4 Å². The molecular formula is C30H31Cl2F2N2O9S-. The van der Waals surface area contributed by atoms with Crippen LogP contribution < -0.4 is 23.7 Å². The van der Waals surface area contributed by atoms with Crippen LogP contribution in [-0.4, -0.2) is 59.6 Å². The number of alkyl halides is 2. The van der Waals surface area contributed by atoms with Crippen LogP contribution in [0, 0.1) is 11.1 Å². The maximum absolute atomic E-state index is 13.2. The Labute approximate surface area is 276 Å². The highest BCUT2D eigenvalue weighted by molar-refractivity contribution is 7.76. The molecule has 0 aliphatic heterocycles. The Morgan fingerprint density at radius 2 is 1.72 bits per heavy atom. The van der Waals surface area contributed by atoms with Crippen LogP contribution >= 0.6 is 23.2 Å². The Bertz CT molecular complexity index is 1530. The molecule has 1 aliphatic rings. The molecule has 1 heterocycles. The minimum Gasteiger partial charge on any atom is -0.760 e. The van der Waals surface area contributed by atoms with E-state index in [2.05, 4.69) is 4.74 Å². The summed E-state index contributed by atoms with van der Waals surface area (Å²) in [5, 5.41) is 11.8.